The van der Waals surface area contributed by atoms with Gasteiger partial charge in [-0.1, -0.05) is 13.0 Å². The van der Waals surface area contributed by atoms with Crippen molar-refractivity contribution in [3.63, 3.8) is 0 Å². The van der Waals surface area contributed by atoms with Crippen LogP contribution < -0.4 is 0 Å². The van der Waals surface area contributed by atoms with E-state index >= 15 is 0 Å². The van der Waals surface area contributed by atoms with Gasteiger partial charge in [0.05, 0.1) is 0 Å². The van der Waals surface area contributed by atoms with Crippen molar-refractivity contribution in [2.45, 2.75) is 26.2 Å². The van der Waals surface area contributed by atoms with Gasteiger partial charge in [0.15, 0.2) is 0 Å². The largest absolute Gasteiger partial charge is 0.478 e. The minimum absolute atomic E-state index is 0.317. The van der Waals surface area contributed by atoms with E-state index in [0.29, 0.717) is 23.6 Å². The molecular formula is C12H16O6. The molecule has 0 aromatic rings. The lowest BCUT2D eigenvalue weighted by molar-refractivity contribution is -0.134. The van der Waals surface area contributed by atoms with Crippen molar-refractivity contribution >= 4 is 17.9 Å². The van der Waals surface area contributed by atoms with Gasteiger partial charge in [0.2, 0.25) is 0 Å². The van der Waals surface area contributed by atoms with Crippen LogP contribution in [0.25, 0.3) is 0 Å². The van der Waals surface area contributed by atoms with E-state index in [4.69, 9.17) is 15.3 Å². The molecule has 0 saturated heterocycles. The summed E-state index contributed by atoms with van der Waals surface area (Å²) in [6.45, 7) is 2.03. The van der Waals surface area contributed by atoms with E-state index in [9.17, 15) is 14.4 Å². The molecule has 0 bridgehead atoms. The Balaban J connectivity index is 0.000000331. The van der Waals surface area contributed by atoms with Crippen molar-refractivity contribution in [2.75, 3.05) is 0 Å². The maximum Gasteiger partial charge on any atom is 0.331 e. The van der Waals surface area contributed by atoms with Gasteiger partial charge in [0, 0.05) is 17.7 Å². The van der Waals surface area contributed by atoms with Crippen LogP contribution in [-0.2, 0) is 14.4 Å². The Hall–Kier alpha value is -2.11. The average Bonchev–Trinajstić information content (AvgIpc) is 2.75. The highest BCUT2D eigenvalue weighted by Crippen LogP contribution is 2.28. The first-order valence-electron chi connectivity index (χ1n) is 5.45. The molecule has 100 valence electrons. The second-order valence-electron chi connectivity index (χ2n) is 3.66. The van der Waals surface area contributed by atoms with E-state index < -0.39 is 17.9 Å². The number of carboxylic acids is 3. The molecule has 6 heteroatoms. The SMILES string of the molecule is CCC1CCC=C1C(=O)O.O=C(O)/C=C\C(=O)O. The lowest BCUT2D eigenvalue weighted by atomic mass is 9.99. The molecule has 0 amide bonds. The molecule has 0 fully saturated rings. The molecule has 0 aromatic heterocycles. The summed E-state index contributed by atoms with van der Waals surface area (Å²) < 4.78 is 0. The lowest BCUT2D eigenvalue weighted by Gasteiger charge is -2.06. The predicted octanol–water partition coefficient (Wildman–Crippen LogP) is 1.53. The molecule has 1 aliphatic rings. The summed E-state index contributed by atoms with van der Waals surface area (Å²) in [5.74, 6) is -2.93. The summed E-state index contributed by atoms with van der Waals surface area (Å²) in [6, 6.07) is 0. The minimum Gasteiger partial charge on any atom is -0.478 e. The number of rotatable bonds is 4. The number of carboxylic acid groups (broad SMARTS) is 3. The van der Waals surface area contributed by atoms with Crippen LogP contribution in [0.15, 0.2) is 23.8 Å². The van der Waals surface area contributed by atoms with Crippen LogP contribution in [0.3, 0.4) is 0 Å². The molecule has 6 nitrogen and oxygen atoms in total. The van der Waals surface area contributed by atoms with Gasteiger partial charge in [-0.25, -0.2) is 14.4 Å². The van der Waals surface area contributed by atoms with E-state index in [1.165, 1.54) is 0 Å². The van der Waals surface area contributed by atoms with Crippen molar-refractivity contribution < 1.29 is 29.7 Å². The monoisotopic (exact) mass is 256 g/mol. The first-order chi connectivity index (χ1) is 8.38. The third-order valence-corrected chi connectivity index (χ3v) is 2.43. The standard InChI is InChI=1S/C8H12O2.C4H4O4/c1-2-6-4-3-5-7(6)8(9)10;5-3(6)1-2-4(7)8/h5-6H,2-4H2,1H3,(H,9,10);1-2H,(H,5,6)(H,7,8)/b;2-1-. The second kappa shape index (κ2) is 8.05. The van der Waals surface area contributed by atoms with Crippen molar-refractivity contribution in [1.29, 1.82) is 0 Å². The van der Waals surface area contributed by atoms with Gasteiger partial charge in [-0.15, -0.1) is 0 Å². The van der Waals surface area contributed by atoms with Crippen molar-refractivity contribution in [3.8, 4) is 0 Å². The maximum atomic E-state index is 10.5. The van der Waals surface area contributed by atoms with Gasteiger partial charge in [-0.3, -0.25) is 0 Å². The zero-order valence-electron chi connectivity index (χ0n) is 10.00. The number of hydrogen-bond acceptors (Lipinski definition) is 3. The Kier molecular flexibility index (Phi) is 7.11. The summed E-state index contributed by atoms with van der Waals surface area (Å²) in [5.41, 5.74) is 0.627. The van der Waals surface area contributed by atoms with Crippen LogP contribution >= 0.6 is 0 Å². The van der Waals surface area contributed by atoms with Gasteiger partial charge in [0.25, 0.3) is 0 Å². The number of carbonyl (C=O) groups is 3. The number of aliphatic carboxylic acids is 3. The Morgan fingerprint density at radius 3 is 2.00 bits per heavy atom. The number of allylic oxidation sites excluding steroid dienone is 1. The van der Waals surface area contributed by atoms with E-state index in [-0.39, 0.29) is 0 Å². The fraction of sp³-hybridized carbons (Fsp3) is 0.417. The maximum absolute atomic E-state index is 10.5. The zero-order valence-corrected chi connectivity index (χ0v) is 10.00. The van der Waals surface area contributed by atoms with E-state index in [1.54, 1.807) is 0 Å². The van der Waals surface area contributed by atoms with E-state index in [0.717, 1.165) is 19.3 Å². The zero-order chi connectivity index (χ0) is 14.1. The molecule has 3 N–H and O–H groups in total. The summed E-state index contributed by atoms with van der Waals surface area (Å²) in [4.78, 5) is 29.6. The van der Waals surface area contributed by atoms with Gasteiger partial charge in [-0.2, -0.15) is 0 Å². The van der Waals surface area contributed by atoms with Crippen molar-refractivity contribution in [3.05, 3.63) is 23.8 Å². The molecule has 1 atom stereocenters. The lowest BCUT2D eigenvalue weighted by Crippen LogP contribution is -2.07. The van der Waals surface area contributed by atoms with Gasteiger partial charge in [0.1, 0.15) is 0 Å². The summed E-state index contributed by atoms with van der Waals surface area (Å²) >= 11 is 0. The highest BCUT2D eigenvalue weighted by molar-refractivity contribution is 5.89. The Morgan fingerprint density at radius 2 is 1.72 bits per heavy atom. The molecule has 0 radical (unpaired) electrons. The van der Waals surface area contributed by atoms with Crippen LogP contribution in [0.4, 0.5) is 0 Å². The molecule has 0 aliphatic heterocycles. The van der Waals surface area contributed by atoms with E-state index in [2.05, 4.69) is 0 Å². The molecule has 0 heterocycles. The van der Waals surface area contributed by atoms with Gasteiger partial charge >= 0.3 is 17.9 Å². The summed E-state index contributed by atoms with van der Waals surface area (Å²) in [5, 5.41) is 24.3. The molecule has 0 spiro atoms. The summed E-state index contributed by atoms with van der Waals surface area (Å²) in [7, 11) is 0. The molecule has 0 aromatic carbocycles. The molecule has 1 rings (SSSR count). The molecular weight excluding hydrogens is 240 g/mol. The van der Waals surface area contributed by atoms with Crippen LogP contribution in [0.1, 0.15) is 26.2 Å². The first-order valence-corrected chi connectivity index (χ1v) is 5.45. The fourth-order valence-electron chi connectivity index (χ4n) is 1.59. The molecule has 18 heavy (non-hydrogen) atoms. The molecule has 1 unspecified atom stereocenters. The quantitative estimate of drug-likeness (QED) is 0.657. The Labute approximate surface area is 104 Å². The second-order valence-corrected chi connectivity index (χ2v) is 3.66. The highest BCUT2D eigenvalue weighted by atomic mass is 16.4. The average molecular weight is 256 g/mol. The number of hydrogen-bond donors (Lipinski definition) is 3. The molecule has 0 saturated carbocycles. The smallest absolute Gasteiger partial charge is 0.331 e. The highest BCUT2D eigenvalue weighted by Gasteiger charge is 2.22. The Morgan fingerprint density at radius 1 is 1.22 bits per heavy atom. The molecule has 1 aliphatic carbocycles. The van der Waals surface area contributed by atoms with Crippen molar-refractivity contribution in [2.24, 2.45) is 5.92 Å². The fourth-order valence-corrected chi connectivity index (χ4v) is 1.59. The van der Waals surface area contributed by atoms with Crippen LogP contribution in [-0.4, -0.2) is 33.2 Å². The normalized spacial score (nSPS) is 17.8. The third kappa shape index (κ3) is 6.47. The van der Waals surface area contributed by atoms with Gasteiger partial charge < -0.3 is 15.3 Å². The van der Waals surface area contributed by atoms with Crippen LogP contribution in [0, 0.1) is 5.92 Å². The predicted molar refractivity (Wildman–Crippen MR) is 63.1 cm³/mol. The van der Waals surface area contributed by atoms with Crippen LogP contribution in [0.5, 0.6) is 0 Å². The van der Waals surface area contributed by atoms with Crippen molar-refractivity contribution in [1.82, 2.24) is 0 Å². The van der Waals surface area contributed by atoms with Gasteiger partial charge in [-0.05, 0) is 25.2 Å². The van der Waals surface area contributed by atoms with Crippen LogP contribution in [0.2, 0.25) is 0 Å². The first kappa shape index (κ1) is 15.9. The topological polar surface area (TPSA) is 112 Å². The minimum atomic E-state index is -1.26. The Bertz CT molecular complexity index is 364. The summed E-state index contributed by atoms with van der Waals surface area (Å²) in [6.07, 6.45) is 5.89. The van der Waals surface area contributed by atoms with E-state index in [1.807, 2.05) is 13.0 Å². The third-order valence-electron chi connectivity index (χ3n) is 2.43.